The minimum atomic E-state index is 0.789. The summed E-state index contributed by atoms with van der Waals surface area (Å²) in [5.41, 5.74) is 6.02. The Balaban J connectivity index is 3.37. The lowest BCUT2D eigenvalue weighted by molar-refractivity contribution is 0.410. The van der Waals surface area contributed by atoms with Gasteiger partial charge in [-0.05, 0) is 50.5 Å². The predicted molar refractivity (Wildman–Crippen MR) is 144 cm³/mol. The van der Waals surface area contributed by atoms with Gasteiger partial charge in [0.15, 0.2) is 0 Å². The van der Waals surface area contributed by atoms with Gasteiger partial charge in [-0.25, -0.2) is 0 Å². The predicted octanol–water partition coefficient (Wildman–Crippen LogP) is 10.4. The van der Waals surface area contributed by atoms with Gasteiger partial charge in [0, 0.05) is 0 Å². The van der Waals surface area contributed by atoms with Gasteiger partial charge in [-0.3, -0.25) is 0 Å². The summed E-state index contributed by atoms with van der Waals surface area (Å²) >= 11 is 0. The maximum Gasteiger partial charge on any atom is -0.00489 e. The summed E-state index contributed by atoms with van der Waals surface area (Å²) in [6.45, 7) is 7.90. The number of allylic oxidation sites excluding steroid dienone is 2. The molecule has 0 saturated carbocycles. The van der Waals surface area contributed by atoms with Crippen LogP contribution in [0.15, 0.2) is 12.2 Å². The zero-order chi connectivity index (χ0) is 22.8. The second-order valence-corrected chi connectivity index (χ2v) is 10.4. The van der Waals surface area contributed by atoms with Crippen LogP contribution >= 0.6 is 0 Å². The van der Waals surface area contributed by atoms with Crippen LogP contribution in [0.3, 0.4) is 0 Å². The first kappa shape index (κ1) is 30.7. The molecule has 0 spiro atoms. The molecule has 0 heterocycles. The van der Waals surface area contributed by atoms with Crippen molar-refractivity contribution in [3.63, 3.8) is 0 Å². The quantitative estimate of drug-likeness (QED) is 0.112. The van der Waals surface area contributed by atoms with Crippen molar-refractivity contribution in [2.45, 2.75) is 162 Å². The Kier molecular flexibility index (Phi) is 25.7. The molecule has 2 atom stereocenters. The zero-order valence-electron chi connectivity index (χ0n) is 22.2. The highest BCUT2D eigenvalue weighted by atomic mass is 14.5. The van der Waals surface area contributed by atoms with E-state index in [9.17, 15) is 0 Å². The standard InChI is InChI=1S/C30H61N/c1-4-6-8-9-14-18-22-26-30(28-31)27-23-19-16-13-11-10-12-15-17-21-25-29(3)24-20-7-5-2/h17,21,29-30H,4-16,18-20,22-28,31H2,1-3H3/b21-17-. The molecule has 0 amide bonds. The van der Waals surface area contributed by atoms with Gasteiger partial charge >= 0.3 is 0 Å². The van der Waals surface area contributed by atoms with Crippen molar-refractivity contribution in [1.29, 1.82) is 0 Å². The highest BCUT2D eigenvalue weighted by Gasteiger charge is 2.06. The molecule has 0 saturated heterocycles. The molecule has 0 rings (SSSR count). The smallest absolute Gasteiger partial charge is 0.00489 e. The Morgan fingerprint density at radius 1 is 0.548 bits per heavy atom. The van der Waals surface area contributed by atoms with Crippen LogP contribution in [0.4, 0.5) is 0 Å². The summed E-state index contributed by atoms with van der Waals surface area (Å²) in [4.78, 5) is 0. The Morgan fingerprint density at radius 3 is 1.55 bits per heavy atom. The van der Waals surface area contributed by atoms with Crippen LogP contribution < -0.4 is 5.73 Å². The molecule has 0 aliphatic carbocycles. The van der Waals surface area contributed by atoms with Crippen molar-refractivity contribution < 1.29 is 0 Å². The molecular weight excluding hydrogens is 374 g/mol. The van der Waals surface area contributed by atoms with Crippen molar-refractivity contribution in [1.82, 2.24) is 0 Å². The van der Waals surface area contributed by atoms with Crippen LogP contribution in [0, 0.1) is 11.8 Å². The summed E-state index contributed by atoms with van der Waals surface area (Å²) in [7, 11) is 0. The average Bonchev–Trinajstić information content (AvgIpc) is 2.77. The third-order valence-corrected chi connectivity index (χ3v) is 7.04. The third kappa shape index (κ3) is 24.2. The van der Waals surface area contributed by atoms with Gasteiger partial charge in [0.25, 0.3) is 0 Å². The van der Waals surface area contributed by atoms with Gasteiger partial charge in [0.05, 0.1) is 0 Å². The molecule has 2 unspecified atom stereocenters. The Bertz CT molecular complexity index is 348. The molecule has 0 aromatic heterocycles. The van der Waals surface area contributed by atoms with Gasteiger partial charge in [0.2, 0.25) is 0 Å². The second-order valence-electron chi connectivity index (χ2n) is 10.4. The van der Waals surface area contributed by atoms with E-state index in [0.29, 0.717) is 0 Å². The van der Waals surface area contributed by atoms with Crippen molar-refractivity contribution in [2.24, 2.45) is 17.6 Å². The van der Waals surface area contributed by atoms with E-state index in [-0.39, 0.29) is 0 Å². The number of nitrogens with two attached hydrogens (primary N) is 1. The number of hydrogen-bond donors (Lipinski definition) is 1. The van der Waals surface area contributed by atoms with E-state index in [4.69, 9.17) is 5.73 Å². The Hall–Kier alpha value is -0.300. The van der Waals surface area contributed by atoms with Crippen molar-refractivity contribution >= 4 is 0 Å². The molecule has 0 fully saturated rings. The van der Waals surface area contributed by atoms with Crippen molar-refractivity contribution in [3.05, 3.63) is 12.2 Å². The van der Waals surface area contributed by atoms with Gasteiger partial charge < -0.3 is 5.73 Å². The molecule has 1 nitrogen and oxygen atoms in total. The van der Waals surface area contributed by atoms with E-state index in [2.05, 4.69) is 32.9 Å². The van der Waals surface area contributed by atoms with E-state index < -0.39 is 0 Å². The first-order chi connectivity index (χ1) is 15.2. The summed E-state index contributed by atoms with van der Waals surface area (Å²) in [6, 6.07) is 0. The molecule has 186 valence electrons. The first-order valence-electron chi connectivity index (χ1n) is 14.6. The van der Waals surface area contributed by atoms with Crippen LogP contribution in [0.5, 0.6) is 0 Å². The highest BCUT2D eigenvalue weighted by Crippen LogP contribution is 2.19. The lowest BCUT2D eigenvalue weighted by atomic mass is 9.94. The first-order valence-corrected chi connectivity index (χ1v) is 14.6. The Morgan fingerprint density at radius 2 is 1.00 bits per heavy atom. The molecule has 0 aromatic rings. The average molecular weight is 436 g/mol. The normalized spacial score (nSPS) is 13.8. The minimum Gasteiger partial charge on any atom is -0.330 e. The highest BCUT2D eigenvalue weighted by molar-refractivity contribution is 4.83. The minimum absolute atomic E-state index is 0.789. The summed E-state index contributed by atoms with van der Waals surface area (Å²) in [5.74, 6) is 1.66. The van der Waals surface area contributed by atoms with Crippen LogP contribution in [0.25, 0.3) is 0 Å². The second kappa shape index (κ2) is 26.0. The largest absolute Gasteiger partial charge is 0.330 e. The Labute approximate surface area is 198 Å². The summed E-state index contributed by atoms with van der Waals surface area (Å²) in [6.07, 6.45) is 35.6. The van der Waals surface area contributed by atoms with E-state index in [1.165, 1.54) is 141 Å². The third-order valence-electron chi connectivity index (χ3n) is 7.04. The number of unbranched alkanes of at least 4 members (excludes halogenated alkanes) is 15. The fraction of sp³-hybridized carbons (Fsp3) is 0.933. The number of hydrogen-bond acceptors (Lipinski definition) is 1. The molecule has 0 bridgehead atoms. The molecule has 0 aliphatic rings. The molecule has 0 aliphatic heterocycles. The van der Waals surface area contributed by atoms with Crippen LogP contribution in [-0.4, -0.2) is 6.54 Å². The van der Waals surface area contributed by atoms with Crippen molar-refractivity contribution in [2.75, 3.05) is 6.54 Å². The zero-order valence-corrected chi connectivity index (χ0v) is 22.2. The van der Waals surface area contributed by atoms with Gasteiger partial charge in [-0.1, -0.05) is 142 Å². The van der Waals surface area contributed by atoms with Gasteiger partial charge in [0.1, 0.15) is 0 Å². The van der Waals surface area contributed by atoms with Gasteiger partial charge in [-0.2, -0.15) is 0 Å². The summed E-state index contributed by atoms with van der Waals surface area (Å²) in [5, 5.41) is 0. The van der Waals surface area contributed by atoms with E-state index in [1.807, 2.05) is 0 Å². The fourth-order valence-electron chi connectivity index (χ4n) is 4.66. The van der Waals surface area contributed by atoms with E-state index >= 15 is 0 Å². The molecular formula is C30H61N. The lowest BCUT2D eigenvalue weighted by Crippen LogP contribution is -2.14. The number of rotatable bonds is 25. The van der Waals surface area contributed by atoms with E-state index in [1.54, 1.807) is 0 Å². The fourth-order valence-corrected chi connectivity index (χ4v) is 4.66. The van der Waals surface area contributed by atoms with E-state index in [0.717, 1.165) is 18.4 Å². The van der Waals surface area contributed by atoms with Crippen LogP contribution in [0.2, 0.25) is 0 Å². The molecule has 0 aromatic carbocycles. The SMILES string of the molecule is CCCCCCCCCC(CN)CCCCCCCCC/C=C\CC(C)CCCCC. The van der Waals surface area contributed by atoms with Gasteiger partial charge in [-0.15, -0.1) is 0 Å². The maximum absolute atomic E-state index is 6.02. The lowest BCUT2D eigenvalue weighted by Gasteiger charge is -2.14. The molecule has 31 heavy (non-hydrogen) atoms. The molecule has 2 N–H and O–H groups in total. The monoisotopic (exact) mass is 435 g/mol. The maximum atomic E-state index is 6.02. The topological polar surface area (TPSA) is 26.0 Å². The summed E-state index contributed by atoms with van der Waals surface area (Å²) < 4.78 is 0. The van der Waals surface area contributed by atoms with Crippen LogP contribution in [0.1, 0.15) is 162 Å². The molecule has 1 heteroatoms. The van der Waals surface area contributed by atoms with Crippen molar-refractivity contribution in [3.8, 4) is 0 Å². The van der Waals surface area contributed by atoms with Crippen LogP contribution in [-0.2, 0) is 0 Å². The molecule has 0 radical (unpaired) electrons.